The molecule has 0 saturated heterocycles. The normalized spacial score (nSPS) is 12.5. The third kappa shape index (κ3) is 4.51. The molecule has 3 heteroatoms. The lowest BCUT2D eigenvalue weighted by Crippen LogP contribution is -2.41. The fraction of sp³-hybridized carbons (Fsp3) is 0.625. The van der Waals surface area contributed by atoms with Crippen molar-refractivity contribution in [3.8, 4) is 5.75 Å². The highest BCUT2D eigenvalue weighted by atomic mass is 16.5. The van der Waals surface area contributed by atoms with Crippen molar-refractivity contribution in [1.29, 1.82) is 0 Å². The number of nitrogens with one attached hydrogen (secondary N) is 1. The summed E-state index contributed by atoms with van der Waals surface area (Å²) in [6, 6.07) is 8.21. The topological polar surface area (TPSA) is 47.3 Å². The molecule has 1 aromatic rings. The first-order valence-corrected chi connectivity index (χ1v) is 6.87. The van der Waals surface area contributed by atoms with Gasteiger partial charge in [0.2, 0.25) is 0 Å². The van der Waals surface area contributed by atoms with Crippen LogP contribution in [0.3, 0.4) is 0 Å². The summed E-state index contributed by atoms with van der Waals surface area (Å²) in [7, 11) is 1.72. The summed E-state index contributed by atoms with van der Waals surface area (Å²) in [6.07, 6.45) is 0. The first-order valence-electron chi connectivity index (χ1n) is 6.87. The van der Waals surface area contributed by atoms with Crippen molar-refractivity contribution in [2.45, 2.75) is 33.1 Å². The summed E-state index contributed by atoms with van der Waals surface area (Å²) in [6.45, 7) is 11.3. The summed E-state index contributed by atoms with van der Waals surface area (Å²) in [5.41, 5.74) is 7.15. The minimum atomic E-state index is 0.0251. The molecule has 0 amide bonds. The molecule has 3 N–H and O–H groups in total. The average Bonchev–Trinajstić information content (AvgIpc) is 2.38. The largest absolute Gasteiger partial charge is 0.496 e. The third-order valence-electron chi connectivity index (χ3n) is 3.56. The Morgan fingerprint density at radius 3 is 2.32 bits per heavy atom. The van der Waals surface area contributed by atoms with Gasteiger partial charge in [0, 0.05) is 24.1 Å². The second-order valence-electron chi connectivity index (χ2n) is 6.56. The van der Waals surface area contributed by atoms with Crippen LogP contribution in [-0.4, -0.2) is 26.7 Å². The maximum Gasteiger partial charge on any atom is 0.122 e. The van der Waals surface area contributed by atoms with Crippen LogP contribution in [0, 0.1) is 5.41 Å². The van der Waals surface area contributed by atoms with Crippen molar-refractivity contribution in [2.75, 3.05) is 26.7 Å². The van der Waals surface area contributed by atoms with Crippen molar-refractivity contribution in [1.82, 2.24) is 5.32 Å². The zero-order valence-corrected chi connectivity index (χ0v) is 12.9. The van der Waals surface area contributed by atoms with Crippen molar-refractivity contribution in [2.24, 2.45) is 11.1 Å². The number of methoxy groups -OCH3 is 1. The van der Waals surface area contributed by atoms with E-state index in [0.717, 1.165) is 18.8 Å². The molecular formula is C16H28N2O. The van der Waals surface area contributed by atoms with E-state index in [0.29, 0.717) is 6.54 Å². The highest BCUT2D eigenvalue weighted by molar-refractivity contribution is 5.39. The average molecular weight is 264 g/mol. The van der Waals surface area contributed by atoms with Gasteiger partial charge in [0.25, 0.3) is 0 Å². The predicted molar refractivity (Wildman–Crippen MR) is 81.7 cm³/mol. The fourth-order valence-corrected chi connectivity index (χ4v) is 2.08. The number of ether oxygens (including phenoxy) is 1. The Bertz CT molecular complexity index is 399. The summed E-state index contributed by atoms with van der Waals surface area (Å²) in [4.78, 5) is 0. The zero-order valence-electron chi connectivity index (χ0n) is 12.9. The Kier molecular flexibility index (Phi) is 5.39. The van der Waals surface area contributed by atoms with Crippen LogP contribution >= 0.6 is 0 Å². The number of hydrogen-bond acceptors (Lipinski definition) is 3. The Balaban J connectivity index is 2.70. The van der Waals surface area contributed by atoms with Crippen LogP contribution in [-0.2, 0) is 5.41 Å². The summed E-state index contributed by atoms with van der Waals surface area (Å²) >= 11 is 0. The van der Waals surface area contributed by atoms with E-state index in [1.54, 1.807) is 7.11 Å². The maximum absolute atomic E-state index is 5.75. The smallest absolute Gasteiger partial charge is 0.122 e. The molecule has 0 radical (unpaired) electrons. The lowest BCUT2D eigenvalue weighted by molar-refractivity contribution is 0.327. The molecule has 0 saturated carbocycles. The molecule has 1 rings (SSSR count). The SMILES string of the molecule is COc1ccccc1C(C)(C)CNCC(C)(C)CN. The predicted octanol–water partition coefficient (Wildman–Crippen LogP) is 2.55. The lowest BCUT2D eigenvalue weighted by Gasteiger charge is -2.30. The van der Waals surface area contributed by atoms with E-state index < -0.39 is 0 Å². The number of benzene rings is 1. The molecule has 0 unspecified atom stereocenters. The van der Waals surface area contributed by atoms with E-state index in [9.17, 15) is 0 Å². The van der Waals surface area contributed by atoms with Gasteiger partial charge in [-0.2, -0.15) is 0 Å². The molecule has 0 aliphatic rings. The molecule has 3 nitrogen and oxygen atoms in total. The van der Waals surface area contributed by atoms with E-state index in [1.165, 1.54) is 5.56 Å². The van der Waals surface area contributed by atoms with Gasteiger partial charge in [0.05, 0.1) is 7.11 Å². The summed E-state index contributed by atoms with van der Waals surface area (Å²) in [5, 5.41) is 3.53. The number of nitrogens with two attached hydrogens (primary N) is 1. The number of rotatable bonds is 7. The van der Waals surface area contributed by atoms with Crippen LogP contribution in [0.15, 0.2) is 24.3 Å². The highest BCUT2D eigenvalue weighted by Crippen LogP contribution is 2.30. The van der Waals surface area contributed by atoms with E-state index in [4.69, 9.17) is 10.5 Å². The van der Waals surface area contributed by atoms with Crippen LogP contribution in [0.25, 0.3) is 0 Å². The van der Waals surface area contributed by atoms with Crippen molar-refractivity contribution in [3.63, 3.8) is 0 Å². The molecule has 0 aliphatic carbocycles. The quantitative estimate of drug-likeness (QED) is 0.795. The van der Waals surface area contributed by atoms with E-state index >= 15 is 0 Å². The Labute approximate surface area is 117 Å². The Hall–Kier alpha value is -1.06. The van der Waals surface area contributed by atoms with Gasteiger partial charge in [-0.1, -0.05) is 45.9 Å². The van der Waals surface area contributed by atoms with Gasteiger partial charge in [-0.3, -0.25) is 0 Å². The third-order valence-corrected chi connectivity index (χ3v) is 3.56. The number of hydrogen-bond donors (Lipinski definition) is 2. The van der Waals surface area contributed by atoms with Gasteiger partial charge < -0.3 is 15.8 Å². The lowest BCUT2D eigenvalue weighted by atomic mass is 9.83. The van der Waals surface area contributed by atoms with Gasteiger partial charge in [-0.25, -0.2) is 0 Å². The van der Waals surface area contributed by atoms with Crippen LogP contribution in [0.2, 0.25) is 0 Å². The summed E-state index contributed by atoms with van der Waals surface area (Å²) in [5.74, 6) is 0.951. The molecular weight excluding hydrogens is 236 g/mol. The molecule has 0 fully saturated rings. The van der Waals surface area contributed by atoms with Gasteiger partial charge in [-0.15, -0.1) is 0 Å². The van der Waals surface area contributed by atoms with Gasteiger partial charge in [0.1, 0.15) is 5.75 Å². The molecule has 0 heterocycles. The van der Waals surface area contributed by atoms with Gasteiger partial charge in [-0.05, 0) is 18.0 Å². The molecule has 0 aromatic heterocycles. The molecule has 19 heavy (non-hydrogen) atoms. The van der Waals surface area contributed by atoms with Crippen molar-refractivity contribution in [3.05, 3.63) is 29.8 Å². The Morgan fingerprint density at radius 2 is 1.74 bits per heavy atom. The maximum atomic E-state index is 5.75. The summed E-state index contributed by atoms with van der Waals surface area (Å²) < 4.78 is 5.45. The van der Waals surface area contributed by atoms with Crippen LogP contribution in [0.1, 0.15) is 33.3 Å². The van der Waals surface area contributed by atoms with Crippen LogP contribution < -0.4 is 15.8 Å². The molecule has 0 aliphatic heterocycles. The van der Waals surface area contributed by atoms with Crippen molar-refractivity contribution < 1.29 is 4.74 Å². The van der Waals surface area contributed by atoms with E-state index in [-0.39, 0.29) is 10.8 Å². The Morgan fingerprint density at radius 1 is 1.11 bits per heavy atom. The zero-order chi connectivity index (χ0) is 14.5. The highest BCUT2D eigenvalue weighted by Gasteiger charge is 2.25. The molecule has 1 aromatic carbocycles. The van der Waals surface area contributed by atoms with Crippen LogP contribution in [0.5, 0.6) is 5.75 Å². The number of para-hydroxylation sites is 1. The molecule has 108 valence electrons. The van der Waals surface area contributed by atoms with Crippen LogP contribution in [0.4, 0.5) is 0 Å². The van der Waals surface area contributed by atoms with E-state index in [1.807, 2.05) is 12.1 Å². The molecule has 0 atom stereocenters. The monoisotopic (exact) mass is 264 g/mol. The molecule has 0 bridgehead atoms. The minimum Gasteiger partial charge on any atom is -0.496 e. The van der Waals surface area contributed by atoms with E-state index in [2.05, 4.69) is 45.1 Å². The first kappa shape index (κ1) is 16.0. The standard InChI is InChI=1S/C16H28N2O/c1-15(2,10-17)11-18-12-16(3,4)13-8-6-7-9-14(13)19-5/h6-9,18H,10-12,17H2,1-5H3. The van der Waals surface area contributed by atoms with Crippen molar-refractivity contribution >= 4 is 0 Å². The van der Waals surface area contributed by atoms with Gasteiger partial charge in [0.15, 0.2) is 0 Å². The fourth-order valence-electron chi connectivity index (χ4n) is 2.08. The molecule has 0 spiro atoms. The first-order chi connectivity index (χ1) is 8.82. The minimum absolute atomic E-state index is 0.0251. The second-order valence-corrected chi connectivity index (χ2v) is 6.56. The van der Waals surface area contributed by atoms with Gasteiger partial charge >= 0.3 is 0 Å². The second kappa shape index (κ2) is 6.40.